The van der Waals surface area contributed by atoms with Crippen molar-refractivity contribution in [3.8, 4) is 0 Å². The van der Waals surface area contributed by atoms with Crippen molar-refractivity contribution in [3.05, 3.63) is 81.7 Å². The van der Waals surface area contributed by atoms with Crippen molar-refractivity contribution >= 4 is 14.2 Å². The lowest BCUT2D eigenvalue weighted by molar-refractivity contribution is -0.0468. The van der Waals surface area contributed by atoms with Crippen LogP contribution in [0.2, 0.25) is 18.1 Å². The Balaban J connectivity index is 2.06. The molecule has 1 aliphatic rings. The minimum Gasteiger partial charge on any atom is -0.411 e. The fourth-order valence-corrected chi connectivity index (χ4v) is 5.28. The second-order valence-corrected chi connectivity index (χ2v) is 14.9. The van der Waals surface area contributed by atoms with Crippen LogP contribution in [-0.4, -0.2) is 47.3 Å². The topological polar surface area (TPSA) is 99.8 Å². The number of hydrogen-bond donors (Lipinski definition) is 1. The molecule has 1 fully saturated rings. The Morgan fingerprint density at radius 1 is 1.21 bits per heavy atom. The maximum Gasteiger partial charge on any atom is 0.340 e. The first-order valence-corrected chi connectivity index (χ1v) is 14.3. The molecule has 0 aliphatic carbocycles. The normalized spacial score (nSPS) is 23.1. The lowest BCUT2D eigenvalue weighted by Crippen LogP contribution is -2.48. The van der Waals surface area contributed by atoms with Gasteiger partial charge in [-0.15, -0.1) is 6.58 Å². The molecule has 0 spiro atoms. The molecule has 0 amide bonds. The van der Waals surface area contributed by atoms with Crippen molar-refractivity contribution in [1.29, 1.82) is 0 Å². The Hall–Kier alpha value is -2.59. The van der Waals surface area contributed by atoms with Crippen LogP contribution in [0, 0.1) is 5.92 Å². The minimum atomic E-state index is -2.25. The molecule has 9 heteroatoms. The summed E-state index contributed by atoms with van der Waals surface area (Å²) in [6.45, 7) is 14.2. The van der Waals surface area contributed by atoms with E-state index < -0.39 is 43.9 Å². The number of aromatic nitrogens is 2. The maximum atomic E-state index is 13.4. The zero-order chi connectivity index (χ0) is 25.3. The van der Waals surface area contributed by atoms with Crippen LogP contribution < -0.4 is 11.2 Å². The summed E-state index contributed by atoms with van der Waals surface area (Å²) < 4.78 is 14.6. The summed E-state index contributed by atoms with van der Waals surface area (Å²) in [5, 5.41) is 10.0. The number of ether oxygens (including phenoxy) is 1. The number of benzene rings is 1. The quantitative estimate of drug-likeness (QED) is 0.477. The fourth-order valence-electron chi connectivity index (χ4n) is 3.92. The largest absolute Gasteiger partial charge is 0.411 e. The van der Waals surface area contributed by atoms with E-state index in [1.807, 2.05) is 0 Å². The number of aliphatic hydroxyl groups is 1. The minimum absolute atomic E-state index is 0.0734. The van der Waals surface area contributed by atoms with E-state index in [2.05, 4.69) is 40.4 Å². The van der Waals surface area contributed by atoms with Crippen LogP contribution in [-0.2, 0) is 9.16 Å². The van der Waals surface area contributed by atoms with E-state index in [4.69, 9.17) is 9.16 Å². The summed E-state index contributed by atoms with van der Waals surface area (Å²) in [4.78, 5) is 38.9. The first-order chi connectivity index (χ1) is 15.9. The van der Waals surface area contributed by atoms with E-state index in [-0.39, 0.29) is 23.1 Å². The molecule has 34 heavy (non-hydrogen) atoms. The number of hydrogen-bond acceptors (Lipinski definition) is 6. The molecule has 0 unspecified atom stereocenters. The van der Waals surface area contributed by atoms with Crippen LogP contribution in [0.1, 0.15) is 43.8 Å². The van der Waals surface area contributed by atoms with Crippen molar-refractivity contribution in [1.82, 2.24) is 9.13 Å². The van der Waals surface area contributed by atoms with Crippen LogP contribution in [0.3, 0.4) is 0 Å². The lowest BCUT2D eigenvalue weighted by Gasteiger charge is -2.40. The van der Waals surface area contributed by atoms with Crippen LogP contribution in [0.15, 0.2) is 64.8 Å². The molecule has 0 radical (unpaired) electrons. The van der Waals surface area contributed by atoms with E-state index in [1.165, 1.54) is 16.8 Å². The average Bonchev–Trinajstić information content (AvgIpc) is 3.10. The van der Waals surface area contributed by atoms with Gasteiger partial charge in [0.25, 0.3) is 11.5 Å². The monoisotopic (exact) mass is 486 g/mol. The van der Waals surface area contributed by atoms with Gasteiger partial charge in [0, 0.05) is 23.7 Å². The highest BCUT2D eigenvalue weighted by Crippen LogP contribution is 2.44. The zero-order valence-corrected chi connectivity index (χ0v) is 21.4. The molecule has 8 nitrogen and oxygen atoms in total. The molecule has 0 saturated carbocycles. The van der Waals surface area contributed by atoms with Gasteiger partial charge in [0.2, 0.25) is 0 Å². The summed E-state index contributed by atoms with van der Waals surface area (Å²) >= 11 is 0. The Morgan fingerprint density at radius 3 is 2.41 bits per heavy atom. The highest BCUT2D eigenvalue weighted by molar-refractivity contribution is 6.74. The lowest BCUT2D eigenvalue weighted by atomic mass is 9.96. The van der Waals surface area contributed by atoms with Gasteiger partial charge in [-0.1, -0.05) is 45.0 Å². The van der Waals surface area contributed by atoms with Gasteiger partial charge in [0.15, 0.2) is 8.32 Å². The number of aliphatic hydroxyl groups excluding tert-OH is 1. The van der Waals surface area contributed by atoms with Crippen LogP contribution in [0.4, 0.5) is 0 Å². The van der Waals surface area contributed by atoms with Gasteiger partial charge >= 0.3 is 5.69 Å². The molecule has 4 atom stereocenters. The molecule has 3 rings (SSSR count). The molecule has 1 aliphatic heterocycles. The van der Waals surface area contributed by atoms with Gasteiger partial charge in [-0.3, -0.25) is 14.2 Å². The molecular formula is C25H34N2O6Si. The second kappa shape index (κ2) is 9.95. The Labute approximate surface area is 200 Å². The van der Waals surface area contributed by atoms with Crippen molar-refractivity contribution < 1.29 is 19.1 Å². The summed E-state index contributed by atoms with van der Waals surface area (Å²) in [5.41, 5.74) is -1.30. The number of nitrogens with zero attached hydrogens (tertiary/aromatic N) is 2. The Morgan fingerprint density at radius 2 is 1.85 bits per heavy atom. The standard InChI is InChI=1S/C25H34N2O6Si/c1-7-11-18-21(33-34(5,6)25(2,3)4)19(16-28)32-23(18)26-15-14-20(29)27(24(26)31)22(30)17-12-9-8-10-13-17/h7-10,12-15,18-19,21,23,28H,1,11,16H2,2-6H3/t18-,19-,21+,23-/m1/s1. The van der Waals surface area contributed by atoms with Crippen LogP contribution in [0.25, 0.3) is 0 Å². The zero-order valence-electron chi connectivity index (χ0n) is 20.4. The predicted molar refractivity (Wildman–Crippen MR) is 133 cm³/mol. The smallest absolute Gasteiger partial charge is 0.340 e. The summed E-state index contributed by atoms with van der Waals surface area (Å²) in [7, 11) is -2.25. The first kappa shape index (κ1) is 26.0. The highest BCUT2D eigenvalue weighted by atomic mass is 28.4. The van der Waals surface area contributed by atoms with Gasteiger partial charge in [-0.25, -0.2) is 4.79 Å². The SMILES string of the molecule is C=CC[C@@H]1[C@H](O[Si](C)(C)C(C)(C)C)[C@@H](CO)O[C@H]1n1ccc(=O)n(C(=O)c2ccccc2)c1=O. The molecule has 1 saturated heterocycles. The number of carbonyl (C=O) groups is 1. The third-order valence-electron chi connectivity index (χ3n) is 6.83. The van der Waals surface area contributed by atoms with Crippen LogP contribution in [0.5, 0.6) is 0 Å². The maximum absolute atomic E-state index is 13.4. The molecule has 2 heterocycles. The number of rotatable bonds is 7. The molecule has 1 aromatic heterocycles. The molecule has 184 valence electrons. The Bertz CT molecular complexity index is 1150. The Kier molecular flexibility index (Phi) is 7.61. The van der Waals surface area contributed by atoms with E-state index in [1.54, 1.807) is 36.4 Å². The van der Waals surface area contributed by atoms with E-state index in [9.17, 15) is 19.5 Å². The van der Waals surface area contributed by atoms with Gasteiger partial charge in [-0.2, -0.15) is 4.57 Å². The molecule has 2 aromatic rings. The third-order valence-corrected chi connectivity index (χ3v) is 11.3. The summed E-state index contributed by atoms with van der Waals surface area (Å²) in [5.74, 6) is -1.06. The van der Waals surface area contributed by atoms with E-state index in [0.717, 1.165) is 0 Å². The number of allylic oxidation sites excluding steroid dienone is 1. The first-order valence-electron chi connectivity index (χ1n) is 11.4. The predicted octanol–water partition coefficient (Wildman–Crippen LogP) is 3.17. The van der Waals surface area contributed by atoms with E-state index in [0.29, 0.717) is 11.0 Å². The van der Waals surface area contributed by atoms with E-state index >= 15 is 0 Å². The van der Waals surface area contributed by atoms with Gasteiger partial charge in [-0.05, 0) is 36.7 Å². The molecule has 0 bridgehead atoms. The molecule has 1 aromatic carbocycles. The van der Waals surface area contributed by atoms with Crippen LogP contribution >= 0.6 is 0 Å². The molecular weight excluding hydrogens is 452 g/mol. The van der Waals surface area contributed by atoms with Gasteiger partial charge in [0.05, 0.1) is 12.7 Å². The second-order valence-electron chi connectivity index (χ2n) is 10.1. The third kappa shape index (κ3) is 4.93. The van der Waals surface area contributed by atoms with Gasteiger partial charge in [0.1, 0.15) is 12.3 Å². The molecule has 1 N–H and O–H groups in total. The van der Waals surface area contributed by atoms with Crippen molar-refractivity contribution in [3.63, 3.8) is 0 Å². The number of carbonyl (C=O) groups excluding carboxylic acids is 1. The van der Waals surface area contributed by atoms with Crippen molar-refractivity contribution in [2.24, 2.45) is 5.92 Å². The van der Waals surface area contributed by atoms with Crippen molar-refractivity contribution in [2.75, 3.05) is 6.61 Å². The van der Waals surface area contributed by atoms with Crippen molar-refractivity contribution in [2.45, 2.75) is 63.8 Å². The average molecular weight is 487 g/mol. The summed E-state index contributed by atoms with van der Waals surface area (Å²) in [6, 6.07) is 9.33. The highest BCUT2D eigenvalue weighted by Gasteiger charge is 2.50. The van der Waals surface area contributed by atoms with Gasteiger partial charge < -0.3 is 14.3 Å². The fraction of sp³-hybridized carbons (Fsp3) is 0.480. The summed E-state index contributed by atoms with van der Waals surface area (Å²) in [6.07, 6.45) is 1.53.